The van der Waals surface area contributed by atoms with E-state index in [-0.39, 0.29) is 18.1 Å². The fraction of sp³-hybridized carbons (Fsp3) is 0.364. The summed E-state index contributed by atoms with van der Waals surface area (Å²) in [7, 11) is 0. The van der Waals surface area contributed by atoms with Gasteiger partial charge in [-0.2, -0.15) is 0 Å². The van der Waals surface area contributed by atoms with Gasteiger partial charge >= 0.3 is 12.0 Å². The molecule has 0 saturated carbocycles. The van der Waals surface area contributed by atoms with Gasteiger partial charge < -0.3 is 24.1 Å². The van der Waals surface area contributed by atoms with E-state index in [2.05, 4.69) is 5.32 Å². The molecule has 1 aromatic carbocycles. The molecule has 29 heavy (non-hydrogen) atoms. The van der Waals surface area contributed by atoms with Crippen molar-refractivity contribution in [3.63, 3.8) is 0 Å². The minimum Gasteiger partial charge on any atom is -0.467 e. The molecule has 1 aliphatic heterocycles. The Morgan fingerprint density at radius 2 is 2.10 bits per heavy atom. The number of hydrogen-bond donors (Lipinski definition) is 1. The highest BCUT2D eigenvalue weighted by Gasteiger charge is 2.23. The third-order valence-electron chi connectivity index (χ3n) is 4.52. The van der Waals surface area contributed by atoms with Crippen molar-refractivity contribution in [2.45, 2.75) is 32.4 Å². The van der Waals surface area contributed by atoms with E-state index in [0.717, 1.165) is 30.8 Å². The van der Waals surface area contributed by atoms with Gasteiger partial charge in [-0.05, 0) is 55.7 Å². The lowest BCUT2D eigenvalue weighted by molar-refractivity contribution is -0.137. The van der Waals surface area contributed by atoms with Gasteiger partial charge in [-0.3, -0.25) is 0 Å². The van der Waals surface area contributed by atoms with Crippen LogP contribution in [0.4, 0.5) is 10.5 Å². The molecular formula is C22H26N2O5. The number of amides is 2. The maximum atomic E-state index is 12.8. The topological polar surface area (TPSA) is 81.0 Å². The van der Waals surface area contributed by atoms with Crippen molar-refractivity contribution in [3.8, 4) is 0 Å². The minimum atomic E-state index is -0.382. The second-order valence-electron chi connectivity index (χ2n) is 6.73. The number of furan rings is 1. The lowest BCUT2D eigenvalue weighted by atomic mass is 10.2. The molecule has 0 bridgehead atoms. The molecular weight excluding hydrogens is 372 g/mol. The van der Waals surface area contributed by atoms with Crippen molar-refractivity contribution in [1.82, 2.24) is 4.90 Å². The highest BCUT2D eigenvalue weighted by molar-refractivity contribution is 5.90. The predicted molar refractivity (Wildman–Crippen MR) is 109 cm³/mol. The van der Waals surface area contributed by atoms with Crippen LogP contribution >= 0.6 is 0 Å². The molecule has 0 aliphatic carbocycles. The Morgan fingerprint density at radius 3 is 2.76 bits per heavy atom. The summed E-state index contributed by atoms with van der Waals surface area (Å²) in [4.78, 5) is 25.9. The maximum Gasteiger partial charge on any atom is 0.330 e. The molecule has 2 heterocycles. The quantitative estimate of drug-likeness (QED) is 0.536. The fourth-order valence-corrected chi connectivity index (χ4v) is 3.08. The SMILES string of the molecule is CCOC(=O)/C=C/c1ccc(NC(=O)N(Cc2ccco2)CC2CCCO2)cc1. The molecule has 3 rings (SSSR count). The van der Waals surface area contributed by atoms with Crippen LogP contribution in [0.1, 0.15) is 31.1 Å². The van der Waals surface area contributed by atoms with Crippen molar-refractivity contribution in [1.29, 1.82) is 0 Å². The van der Waals surface area contributed by atoms with E-state index in [1.165, 1.54) is 6.08 Å². The number of nitrogens with zero attached hydrogens (tertiary/aromatic N) is 1. The lowest BCUT2D eigenvalue weighted by Crippen LogP contribution is -2.39. The van der Waals surface area contributed by atoms with Gasteiger partial charge in [-0.15, -0.1) is 0 Å². The largest absolute Gasteiger partial charge is 0.467 e. The Balaban J connectivity index is 1.61. The van der Waals surface area contributed by atoms with Crippen LogP contribution in [-0.4, -0.2) is 42.8 Å². The van der Waals surface area contributed by atoms with Gasteiger partial charge in [0.15, 0.2) is 0 Å². The molecule has 2 aromatic rings. The van der Waals surface area contributed by atoms with Gasteiger partial charge in [0.05, 0.1) is 25.5 Å². The van der Waals surface area contributed by atoms with Crippen LogP contribution in [0.2, 0.25) is 0 Å². The van der Waals surface area contributed by atoms with E-state index < -0.39 is 0 Å². The normalized spacial score (nSPS) is 16.1. The summed E-state index contributed by atoms with van der Waals surface area (Å²) in [5.41, 5.74) is 1.50. The van der Waals surface area contributed by atoms with Gasteiger partial charge in [-0.1, -0.05) is 12.1 Å². The first-order chi connectivity index (χ1) is 14.1. The maximum absolute atomic E-state index is 12.8. The van der Waals surface area contributed by atoms with Gasteiger partial charge in [0, 0.05) is 24.9 Å². The Morgan fingerprint density at radius 1 is 1.28 bits per heavy atom. The summed E-state index contributed by atoms with van der Waals surface area (Å²) >= 11 is 0. The van der Waals surface area contributed by atoms with Gasteiger partial charge in [0.1, 0.15) is 5.76 Å². The van der Waals surface area contributed by atoms with Crippen molar-refractivity contribution in [3.05, 3.63) is 60.1 Å². The van der Waals surface area contributed by atoms with E-state index >= 15 is 0 Å². The highest BCUT2D eigenvalue weighted by Crippen LogP contribution is 2.17. The third-order valence-corrected chi connectivity index (χ3v) is 4.52. The second-order valence-corrected chi connectivity index (χ2v) is 6.73. The van der Waals surface area contributed by atoms with Crippen molar-refractivity contribution >= 4 is 23.8 Å². The van der Waals surface area contributed by atoms with Crippen molar-refractivity contribution in [2.75, 3.05) is 25.1 Å². The monoisotopic (exact) mass is 398 g/mol. The molecule has 1 unspecified atom stereocenters. The molecule has 154 valence electrons. The number of nitrogens with one attached hydrogen (secondary N) is 1. The van der Waals surface area contributed by atoms with Gasteiger partial charge in [0.25, 0.3) is 0 Å². The molecule has 0 spiro atoms. The highest BCUT2D eigenvalue weighted by atomic mass is 16.5. The Labute approximate surface area is 170 Å². The molecule has 1 fully saturated rings. The van der Waals surface area contributed by atoms with E-state index in [4.69, 9.17) is 13.9 Å². The lowest BCUT2D eigenvalue weighted by Gasteiger charge is -2.25. The summed E-state index contributed by atoms with van der Waals surface area (Å²) in [5, 5.41) is 2.91. The van der Waals surface area contributed by atoms with Crippen LogP contribution in [0.3, 0.4) is 0 Å². The second kappa shape index (κ2) is 10.5. The molecule has 0 radical (unpaired) electrons. The third kappa shape index (κ3) is 6.50. The number of rotatable bonds is 8. The standard InChI is InChI=1S/C22H26N2O5/c1-2-27-21(25)12-9-17-7-10-18(11-8-17)23-22(26)24(15-19-5-3-13-28-19)16-20-6-4-14-29-20/h3,5,7-13,20H,2,4,6,14-16H2,1H3,(H,23,26)/b12-9+. The first kappa shape index (κ1) is 20.7. The number of hydrogen-bond acceptors (Lipinski definition) is 5. The molecule has 1 N–H and O–H groups in total. The Kier molecular flexibility index (Phi) is 7.47. The smallest absolute Gasteiger partial charge is 0.330 e. The van der Waals surface area contributed by atoms with Crippen LogP contribution in [0.25, 0.3) is 6.08 Å². The molecule has 2 amide bonds. The summed E-state index contributed by atoms with van der Waals surface area (Å²) in [5.74, 6) is 0.338. The zero-order valence-electron chi connectivity index (χ0n) is 16.5. The summed E-state index contributed by atoms with van der Waals surface area (Å²) in [6.45, 7) is 3.72. The zero-order chi connectivity index (χ0) is 20.5. The molecule has 1 aromatic heterocycles. The number of urea groups is 1. The summed E-state index contributed by atoms with van der Waals surface area (Å²) in [6, 6.07) is 10.7. The number of anilines is 1. The van der Waals surface area contributed by atoms with Crippen LogP contribution in [0.15, 0.2) is 53.2 Å². The van der Waals surface area contributed by atoms with E-state index in [9.17, 15) is 9.59 Å². The predicted octanol–water partition coefficient (Wildman–Crippen LogP) is 4.07. The Hall–Kier alpha value is -3.06. The number of carbonyl (C=O) groups is 2. The van der Waals surface area contributed by atoms with E-state index in [0.29, 0.717) is 25.4 Å². The fourth-order valence-electron chi connectivity index (χ4n) is 3.08. The summed E-state index contributed by atoms with van der Waals surface area (Å²) < 4.78 is 15.9. The number of ether oxygens (including phenoxy) is 2. The summed E-state index contributed by atoms with van der Waals surface area (Å²) in [6.07, 6.45) is 6.66. The van der Waals surface area contributed by atoms with Crippen molar-refractivity contribution < 1.29 is 23.5 Å². The van der Waals surface area contributed by atoms with Crippen molar-refractivity contribution in [2.24, 2.45) is 0 Å². The van der Waals surface area contributed by atoms with E-state index in [1.807, 2.05) is 18.2 Å². The van der Waals surface area contributed by atoms with Crippen LogP contribution in [0.5, 0.6) is 0 Å². The van der Waals surface area contributed by atoms with Crippen LogP contribution in [-0.2, 0) is 20.8 Å². The number of carbonyl (C=O) groups excluding carboxylic acids is 2. The zero-order valence-corrected chi connectivity index (χ0v) is 16.5. The average Bonchev–Trinajstić information content (AvgIpc) is 3.41. The Bertz CT molecular complexity index is 808. The van der Waals surface area contributed by atoms with Crippen LogP contribution in [0, 0.1) is 0 Å². The number of benzene rings is 1. The molecule has 7 heteroatoms. The van der Waals surface area contributed by atoms with E-state index in [1.54, 1.807) is 42.4 Å². The number of esters is 1. The van der Waals surface area contributed by atoms with Crippen LogP contribution < -0.4 is 5.32 Å². The first-order valence-corrected chi connectivity index (χ1v) is 9.79. The first-order valence-electron chi connectivity index (χ1n) is 9.79. The van der Waals surface area contributed by atoms with Gasteiger partial charge in [-0.25, -0.2) is 9.59 Å². The molecule has 7 nitrogen and oxygen atoms in total. The molecule has 1 saturated heterocycles. The molecule has 1 atom stereocenters. The average molecular weight is 398 g/mol. The molecule has 1 aliphatic rings. The van der Waals surface area contributed by atoms with Gasteiger partial charge in [0.2, 0.25) is 0 Å². The minimum absolute atomic E-state index is 0.0473.